The van der Waals surface area contributed by atoms with E-state index in [2.05, 4.69) is 10.3 Å². The molecule has 1 atom stereocenters. The fourth-order valence-corrected chi connectivity index (χ4v) is 5.50. The van der Waals surface area contributed by atoms with Gasteiger partial charge in [0.2, 0.25) is 0 Å². The van der Waals surface area contributed by atoms with Crippen LogP contribution in [0.3, 0.4) is 0 Å². The molecule has 2 heterocycles. The van der Waals surface area contributed by atoms with Gasteiger partial charge in [-0.15, -0.1) is 0 Å². The number of ether oxygens (including phenoxy) is 1. The van der Waals surface area contributed by atoms with Crippen LogP contribution < -0.4 is 5.32 Å². The Morgan fingerprint density at radius 3 is 2.81 bits per heavy atom. The van der Waals surface area contributed by atoms with E-state index in [4.69, 9.17) is 4.74 Å². The molecule has 8 heteroatoms. The number of hydrogen-bond donors (Lipinski definition) is 1. The Morgan fingerprint density at radius 1 is 1.22 bits per heavy atom. The molecule has 142 valence electrons. The van der Waals surface area contributed by atoms with Gasteiger partial charge in [-0.2, -0.15) is 0 Å². The number of esters is 1. The quantitative estimate of drug-likeness (QED) is 0.789. The monoisotopic (exact) mass is 388 g/mol. The number of carbonyl (C=O) groups is 2. The van der Waals surface area contributed by atoms with Crippen LogP contribution >= 0.6 is 0 Å². The molecule has 27 heavy (non-hydrogen) atoms. The topological polar surface area (TPSA) is 102 Å². The van der Waals surface area contributed by atoms with Crippen LogP contribution in [0.15, 0.2) is 24.3 Å². The largest absolute Gasteiger partial charge is 0.452 e. The molecule has 2 aliphatic rings. The highest BCUT2D eigenvalue weighted by Gasteiger charge is 2.29. The van der Waals surface area contributed by atoms with Crippen molar-refractivity contribution in [3.63, 3.8) is 0 Å². The van der Waals surface area contributed by atoms with Crippen LogP contribution in [0.25, 0.3) is 10.9 Å². The molecule has 0 radical (unpaired) electrons. The van der Waals surface area contributed by atoms with Crippen molar-refractivity contribution in [3.05, 3.63) is 41.1 Å². The Balaban J connectivity index is 1.48. The van der Waals surface area contributed by atoms with Crippen molar-refractivity contribution in [1.82, 2.24) is 10.3 Å². The molecule has 1 N–H and O–H groups in total. The van der Waals surface area contributed by atoms with Crippen molar-refractivity contribution in [2.45, 2.75) is 31.7 Å². The molecule has 0 bridgehead atoms. The van der Waals surface area contributed by atoms with Crippen molar-refractivity contribution in [2.24, 2.45) is 0 Å². The van der Waals surface area contributed by atoms with E-state index < -0.39 is 34.4 Å². The van der Waals surface area contributed by atoms with Crippen LogP contribution in [0.1, 0.15) is 34.5 Å². The van der Waals surface area contributed by atoms with Gasteiger partial charge in [0.1, 0.15) is 0 Å². The number of para-hydroxylation sites is 1. The Morgan fingerprint density at radius 2 is 2.04 bits per heavy atom. The molecule has 7 nitrogen and oxygen atoms in total. The average molecular weight is 388 g/mol. The predicted molar refractivity (Wildman–Crippen MR) is 99.3 cm³/mol. The number of nitrogens with one attached hydrogen (secondary N) is 1. The second kappa shape index (κ2) is 6.92. The van der Waals surface area contributed by atoms with E-state index in [-0.39, 0.29) is 11.5 Å². The summed E-state index contributed by atoms with van der Waals surface area (Å²) >= 11 is 0. The second-order valence-corrected chi connectivity index (χ2v) is 9.26. The number of fused-ring (bicyclic) bond motifs is 2. The van der Waals surface area contributed by atoms with E-state index in [0.717, 1.165) is 41.4 Å². The van der Waals surface area contributed by atoms with Crippen LogP contribution in [0, 0.1) is 0 Å². The van der Waals surface area contributed by atoms with Crippen molar-refractivity contribution in [1.29, 1.82) is 0 Å². The maximum absolute atomic E-state index is 12.7. The lowest BCUT2D eigenvalue weighted by Gasteiger charge is -2.13. The summed E-state index contributed by atoms with van der Waals surface area (Å²) in [5.74, 6) is -1.01. The predicted octanol–water partition coefficient (Wildman–Crippen LogP) is 1.18. The molecule has 4 rings (SSSR count). The summed E-state index contributed by atoms with van der Waals surface area (Å²) in [7, 11) is -3.08. The zero-order chi connectivity index (χ0) is 19.0. The highest BCUT2D eigenvalue weighted by molar-refractivity contribution is 7.91. The zero-order valence-corrected chi connectivity index (χ0v) is 15.5. The summed E-state index contributed by atoms with van der Waals surface area (Å²) in [6.07, 6.45) is 2.93. The number of aromatic nitrogens is 1. The summed E-state index contributed by atoms with van der Waals surface area (Å²) in [4.78, 5) is 29.4. The van der Waals surface area contributed by atoms with Crippen molar-refractivity contribution >= 4 is 32.6 Å². The summed E-state index contributed by atoms with van der Waals surface area (Å²) in [5, 5.41) is 3.35. The molecule has 0 spiro atoms. The summed E-state index contributed by atoms with van der Waals surface area (Å²) in [6.45, 7) is -0.430. The lowest BCUT2D eigenvalue weighted by molar-refractivity contribution is -0.124. The maximum Gasteiger partial charge on any atom is 0.339 e. The van der Waals surface area contributed by atoms with Crippen molar-refractivity contribution in [3.8, 4) is 0 Å². The Labute approximate surface area is 157 Å². The lowest BCUT2D eigenvalue weighted by atomic mass is 10.0. The first kappa shape index (κ1) is 17.9. The zero-order valence-electron chi connectivity index (χ0n) is 14.7. The first-order valence-electron chi connectivity index (χ1n) is 9.00. The number of hydrogen-bond acceptors (Lipinski definition) is 6. The molecule has 1 fully saturated rings. The normalized spacial score (nSPS) is 20.4. The van der Waals surface area contributed by atoms with E-state index >= 15 is 0 Å². The van der Waals surface area contributed by atoms with Crippen molar-refractivity contribution < 1.29 is 22.7 Å². The highest BCUT2D eigenvalue weighted by Crippen LogP contribution is 2.30. The molecular weight excluding hydrogens is 368 g/mol. The van der Waals surface area contributed by atoms with Gasteiger partial charge in [0.25, 0.3) is 5.91 Å². The van der Waals surface area contributed by atoms with Crippen LogP contribution in [0.2, 0.25) is 0 Å². The lowest BCUT2D eigenvalue weighted by Crippen LogP contribution is -2.38. The molecule has 2 aromatic rings. The minimum absolute atomic E-state index is 0.0603. The third-order valence-corrected chi connectivity index (χ3v) is 6.82. The molecule has 1 aliphatic heterocycles. The van der Waals surface area contributed by atoms with Crippen molar-refractivity contribution in [2.75, 3.05) is 18.1 Å². The molecule has 1 amide bonds. The third-order valence-electron chi connectivity index (χ3n) is 5.06. The summed E-state index contributed by atoms with van der Waals surface area (Å²) in [5.41, 5.74) is 3.05. The number of rotatable bonds is 4. The van der Waals surface area contributed by atoms with Gasteiger partial charge in [0.05, 0.1) is 22.6 Å². The van der Waals surface area contributed by atoms with E-state index in [9.17, 15) is 18.0 Å². The van der Waals surface area contributed by atoms with E-state index in [0.29, 0.717) is 12.0 Å². The molecule has 1 saturated heterocycles. The van der Waals surface area contributed by atoms with E-state index in [1.54, 1.807) is 0 Å². The number of pyridine rings is 1. The Hall–Kier alpha value is -2.48. The maximum atomic E-state index is 12.7. The number of carbonyl (C=O) groups excluding carboxylic acids is 2. The molecule has 1 aromatic heterocycles. The molecule has 1 aromatic carbocycles. The van der Waals surface area contributed by atoms with Gasteiger partial charge in [-0.3, -0.25) is 9.78 Å². The number of nitrogens with zero attached hydrogens (tertiary/aromatic N) is 1. The van der Waals surface area contributed by atoms with Crippen LogP contribution in [0.5, 0.6) is 0 Å². The minimum Gasteiger partial charge on any atom is -0.452 e. The third kappa shape index (κ3) is 3.66. The van der Waals surface area contributed by atoms with Crippen LogP contribution in [-0.2, 0) is 32.2 Å². The highest BCUT2D eigenvalue weighted by atomic mass is 32.2. The number of amides is 1. The fourth-order valence-electron chi connectivity index (χ4n) is 3.83. The summed E-state index contributed by atoms with van der Waals surface area (Å²) < 4.78 is 28.2. The second-order valence-electron chi connectivity index (χ2n) is 7.03. The fraction of sp³-hybridized carbons (Fsp3) is 0.421. The summed E-state index contributed by atoms with van der Waals surface area (Å²) in [6, 6.07) is 7.00. The van der Waals surface area contributed by atoms with Gasteiger partial charge in [0, 0.05) is 17.1 Å². The number of benzene rings is 1. The average Bonchev–Trinajstić information content (AvgIpc) is 3.23. The molecule has 0 saturated carbocycles. The molecule has 0 unspecified atom stereocenters. The molecular formula is C19H20N2O5S. The Kier molecular flexibility index (Phi) is 4.59. The van der Waals surface area contributed by atoms with Gasteiger partial charge >= 0.3 is 5.97 Å². The van der Waals surface area contributed by atoms with Gasteiger partial charge in [0.15, 0.2) is 16.4 Å². The number of aryl methyl sites for hydroxylation is 1. The Bertz CT molecular complexity index is 1030. The number of sulfone groups is 1. The van der Waals surface area contributed by atoms with Gasteiger partial charge < -0.3 is 10.1 Å². The van der Waals surface area contributed by atoms with Gasteiger partial charge in [-0.05, 0) is 37.3 Å². The van der Waals surface area contributed by atoms with E-state index in [1.807, 2.05) is 24.3 Å². The smallest absolute Gasteiger partial charge is 0.339 e. The van der Waals surface area contributed by atoms with Gasteiger partial charge in [-0.1, -0.05) is 18.2 Å². The van der Waals surface area contributed by atoms with Crippen LogP contribution in [-0.4, -0.2) is 49.4 Å². The van der Waals surface area contributed by atoms with Gasteiger partial charge in [-0.25, -0.2) is 13.2 Å². The first-order valence-corrected chi connectivity index (χ1v) is 10.8. The van der Waals surface area contributed by atoms with E-state index in [1.165, 1.54) is 0 Å². The molecule has 1 aliphatic carbocycles. The first-order chi connectivity index (χ1) is 12.9. The van der Waals surface area contributed by atoms with Crippen LogP contribution in [0.4, 0.5) is 0 Å². The standard InChI is InChI=1S/C19H20N2O5S/c22-17(20-12-8-9-27(24,25)11-12)10-26-19(23)18-13-4-1-2-6-15(13)21-16-7-3-5-14(16)18/h1-2,4,6,12H,3,5,7-11H2,(H,20,22)/t12-/m0/s1. The SMILES string of the molecule is O=C(COC(=O)c1c2c(nc3ccccc13)CCC2)N[C@H]1CCS(=O)(=O)C1. The minimum atomic E-state index is -3.08.